The Labute approximate surface area is 81.5 Å². The molecule has 0 saturated heterocycles. The lowest BCUT2D eigenvalue weighted by molar-refractivity contribution is -0.360. The van der Waals surface area contributed by atoms with Crippen molar-refractivity contribution in [1.82, 2.24) is 4.98 Å². The number of thioether (sulfide) groups is 1. The van der Waals surface area contributed by atoms with Gasteiger partial charge in [0.15, 0.2) is 0 Å². The molecule has 1 aromatic heterocycles. The Morgan fingerprint density at radius 2 is 2.15 bits per heavy atom. The third-order valence-electron chi connectivity index (χ3n) is 1.95. The van der Waals surface area contributed by atoms with Gasteiger partial charge >= 0.3 is 0 Å². The molecule has 0 aliphatic rings. The van der Waals surface area contributed by atoms with Gasteiger partial charge in [0.25, 0.3) is 0 Å². The van der Waals surface area contributed by atoms with Crippen LogP contribution in [-0.4, -0.2) is 17.3 Å². The highest BCUT2D eigenvalue weighted by Crippen LogP contribution is 2.26. The van der Waals surface area contributed by atoms with Gasteiger partial charge in [0.05, 0.1) is 6.54 Å². The molecule has 68 valence electrons. The molecule has 13 heavy (non-hydrogen) atoms. The van der Waals surface area contributed by atoms with Gasteiger partial charge in [0.1, 0.15) is 0 Å². The number of fused-ring (bicyclic) bond motifs is 1. The molecular formula is C10H13N2S+. The lowest BCUT2D eigenvalue weighted by atomic mass is 10.2. The van der Waals surface area contributed by atoms with Gasteiger partial charge in [0.2, 0.25) is 0 Å². The van der Waals surface area contributed by atoms with Crippen molar-refractivity contribution < 1.29 is 5.73 Å². The Morgan fingerprint density at radius 3 is 3.00 bits per heavy atom. The maximum atomic E-state index is 3.83. The highest BCUT2D eigenvalue weighted by molar-refractivity contribution is 7.99. The number of aromatic nitrogens is 1. The summed E-state index contributed by atoms with van der Waals surface area (Å²) >= 11 is 1.86. The van der Waals surface area contributed by atoms with Crippen molar-refractivity contribution in [2.24, 2.45) is 0 Å². The molecule has 0 unspecified atom stereocenters. The second-order valence-corrected chi connectivity index (χ2v) is 4.04. The van der Waals surface area contributed by atoms with Gasteiger partial charge in [-0.05, 0) is 6.07 Å². The first kappa shape index (κ1) is 8.66. The van der Waals surface area contributed by atoms with Gasteiger partial charge in [-0.25, -0.2) is 0 Å². The van der Waals surface area contributed by atoms with Crippen LogP contribution in [0.5, 0.6) is 0 Å². The van der Waals surface area contributed by atoms with Crippen LogP contribution in [0.15, 0.2) is 35.4 Å². The summed E-state index contributed by atoms with van der Waals surface area (Å²) in [5.74, 6) is 1.09. The van der Waals surface area contributed by atoms with E-state index < -0.39 is 0 Å². The Bertz CT molecular complexity index is 394. The number of hydrogen-bond acceptors (Lipinski definition) is 1. The van der Waals surface area contributed by atoms with Gasteiger partial charge in [-0.2, -0.15) is 0 Å². The summed E-state index contributed by atoms with van der Waals surface area (Å²) in [6, 6.07) is 8.37. The van der Waals surface area contributed by atoms with Crippen LogP contribution >= 0.6 is 11.8 Å². The van der Waals surface area contributed by atoms with Crippen molar-refractivity contribution in [2.75, 3.05) is 12.3 Å². The number of aromatic amines is 1. The van der Waals surface area contributed by atoms with Gasteiger partial charge in [-0.1, -0.05) is 18.2 Å². The molecule has 0 spiro atoms. The molecule has 2 aromatic rings. The molecular weight excluding hydrogens is 180 g/mol. The molecule has 0 radical (unpaired) electrons. The molecule has 4 N–H and O–H groups in total. The largest absolute Gasteiger partial charge is 0.360 e. The Morgan fingerprint density at radius 1 is 1.31 bits per heavy atom. The number of hydrogen-bond donors (Lipinski definition) is 2. The normalized spacial score (nSPS) is 10.8. The molecule has 0 saturated carbocycles. The predicted octanol–water partition coefficient (Wildman–Crippen LogP) is 1.50. The number of quaternary nitrogens is 1. The number of para-hydroxylation sites is 1. The number of nitrogens with one attached hydrogen (secondary N) is 1. The fourth-order valence-electron chi connectivity index (χ4n) is 1.35. The zero-order valence-corrected chi connectivity index (χ0v) is 8.23. The quantitative estimate of drug-likeness (QED) is 0.713. The average molecular weight is 193 g/mol. The Kier molecular flexibility index (Phi) is 2.57. The minimum absolute atomic E-state index is 0.976. The molecule has 0 atom stereocenters. The predicted molar refractivity (Wildman–Crippen MR) is 56.8 cm³/mol. The maximum Gasteiger partial charge on any atom is 0.0835 e. The van der Waals surface area contributed by atoms with E-state index in [2.05, 4.69) is 41.2 Å². The summed E-state index contributed by atoms with van der Waals surface area (Å²) in [5.41, 5.74) is 5.05. The molecule has 0 amide bonds. The number of benzene rings is 1. The lowest BCUT2D eigenvalue weighted by Gasteiger charge is -1.94. The summed E-state index contributed by atoms with van der Waals surface area (Å²) in [6.45, 7) is 0.976. The maximum absolute atomic E-state index is 3.83. The van der Waals surface area contributed by atoms with Crippen molar-refractivity contribution in [2.45, 2.75) is 4.90 Å². The number of rotatable bonds is 3. The van der Waals surface area contributed by atoms with E-state index >= 15 is 0 Å². The summed E-state index contributed by atoms with van der Waals surface area (Å²) in [4.78, 5) is 4.59. The van der Waals surface area contributed by atoms with E-state index in [9.17, 15) is 0 Å². The topological polar surface area (TPSA) is 43.4 Å². The average Bonchev–Trinajstić information content (AvgIpc) is 2.58. The van der Waals surface area contributed by atoms with Crippen LogP contribution in [0.25, 0.3) is 10.9 Å². The van der Waals surface area contributed by atoms with E-state index in [0.717, 1.165) is 12.3 Å². The van der Waals surface area contributed by atoms with E-state index in [1.165, 1.54) is 15.8 Å². The molecule has 2 nitrogen and oxygen atoms in total. The van der Waals surface area contributed by atoms with Crippen LogP contribution in [0.2, 0.25) is 0 Å². The molecule has 0 aliphatic heterocycles. The zero-order valence-electron chi connectivity index (χ0n) is 7.42. The first-order valence-corrected chi connectivity index (χ1v) is 5.38. The van der Waals surface area contributed by atoms with Crippen molar-refractivity contribution in [1.29, 1.82) is 0 Å². The molecule has 1 aromatic carbocycles. The van der Waals surface area contributed by atoms with Crippen LogP contribution < -0.4 is 5.73 Å². The van der Waals surface area contributed by atoms with Crippen molar-refractivity contribution in [3.05, 3.63) is 30.5 Å². The molecule has 0 aliphatic carbocycles. The van der Waals surface area contributed by atoms with Crippen LogP contribution in [-0.2, 0) is 0 Å². The van der Waals surface area contributed by atoms with Crippen LogP contribution in [0.3, 0.4) is 0 Å². The number of H-pyrrole nitrogens is 1. The Hall–Kier alpha value is -0.930. The van der Waals surface area contributed by atoms with E-state index in [0.29, 0.717) is 0 Å². The second-order valence-electron chi connectivity index (χ2n) is 2.90. The van der Waals surface area contributed by atoms with Crippen molar-refractivity contribution in [3.63, 3.8) is 0 Å². The molecule has 0 fully saturated rings. The fraction of sp³-hybridized carbons (Fsp3) is 0.200. The fourth-order valence-corrected chi connectivity index (χ4v) is 2.19. The van der Waals surface area contributed by atoms with E-state index in [-0.39, 0.29) is 0 Å². The van der Waals surface area contributed by atoms with E-state index in [4.69, 9.17) is 0 Å². The molecule has 0 bridgehead atoms. The SMILES string of the molecule is [NH3+]CCSc1c[nH]c2ccccc12. The third-order valence-corrected chi connectivity index (χ3v) is 3.09. The molecule has 3 heteroatoms. The first-order chi connectivity index (χ1) is 6.42. The standard InChI is InChI=1S/C10H12N2S/c11-5-6-13-10-7-12-9-4-2-1-3-8(9)10/h1-4,7,12H,5-6,11H2/p+1. The van der Waals surface area contributed by atoms with Gasteiger partial charge < -0.3 is 10.7 Å². The first-order valence-electron chi connectivity index (χ1n) is 4.40. The molecule has 1 heterocycles. The molecule has 2 rings (SSSR count). The van der Waals surface area contributed by atoms with Crippen molar-refractivity contribution >= 4 is 22.7 Å². The summed E-state index contributed by atoms with van der Waals surface area (Å²) < 4.78 is 0. The minimum atomic E-state index is 0.976. The highest BCUT2D eigenvalue weighted by atomic mass is 32.2. The summed E-state index contributed by atoms with van der Waals surface area (Å²) in [5, 5.41) is 1.32. The minimum Gasteiger partial charge on any atom is -0.360 e. The van der Waals surface area contributed by atoms with Gasteiger partial charge in [-0.3, -0.25) is 0 Å². The van der Waals surface area contributed by atoms with E-state index in [1.807, 2.05) is 11.8 Å². The smallest absolute Gasteiger partial charge is 0.0835 e. The van der Waals surface area contributed by atoms with Crippen LogP contribution in [0, 0.1) is 0 Å². The summed E-state index contributed by atoms with van der Waals surface area (Å²) in [6.07, 6.45) is 2.07. The van der Waals surface area contributed by atoms with Crippen LogP contribution in [0.1, 0.15) is 0 Å². The second kappa shape index (κ2) is 3.85. The monoisotopic (exact) mass is 193 g/mol. The van der Waals surface area contributed by atoms with E-state index in [1.54, 1.807) is 0 Å². The third kappa shape index (κ3) is 1.71. The lowest BCUT2D eigenvalue weighted by Crippen LogP contribution is -2.51. The summed E-state index contributed by atoms with van der Waals surface area (Å²) in [7, 11) is 0. The highest BCUT2D eigenvalue weighted by Gasteiger charge is 2.01. The van der Waals surface area contributed by atoms with Crippen molar-refractivity contribution in [3.8, 4) is 0 Å². The van der Waals surface area contributed by atoms with Gasteiger partial charge in [-0.15, -0.1) is 11.8 Å². The zero-order chi connectivity index (χ0) is 9.10. The Balaban J connectivity index is 2.35. The van der Waals surface area contributed by atoms with Gasteiger partial charge in [0, 0.05) is 27.7 Å². The van der Waals surface area contributed by atoms with Crippen LogP contribution in [0.4, 0.5) is 0 Å².